The van der Waals surface area contributed by atoms with Crippen molar-refractivity contribution in [3.05, 3.63) is 18.0 Å². The third-order valence-corrected chi connectivity index (χ3v) is 1.42. The number of carbonyl (C=O) groups is 1. The molecule has 1 rings (SSSR count). The predicted molar refractivity (Wildman–Crippen MR) is 49.1 cm³/mol. The fourth-order valence-corrected chi connectivity index (χ4v) is 0.872. The number of aromatic nitrogens is 2. The number of rotatable bonds is 3. The Balaban J connectivity index is 2.23. The smallest absolute Gasteiger partial charge is 0.315 e. The molecule has 0 aliphatic carbocycles. The molecule has 0 unspecified atom stereocenters. The minimum atomic E-state index is -0.162. The van der Waals surface area contributed by atoms with Gasteiger partial charge in [-0.1, -0.05) is 0 Å². The Bertz CT molecular complexity index is 255. The molecule has 1 heterocycles. The lowest BCUT2D eigenvalue weighted by molar-refractivity contribution is 0.238. The maximum atomic E-state index is 11.1. The van der Waals surface area contributed by atoms with Crippen molar-refractivity contribution in [2.45, 2.75) is 26.4 Å². The van der Waals surface area contributed by atoms with Crippen LogP contribution in [0.2, 0.25) is 0 Å². The van der Waals surface area contributed by atoms with Crippen molar-refractivity contribution in [2.75, 3.05) is 0 Å². The van der Waals surface area contributed by atoms with Gasteiger partial charge in [0.05, 0.1) is 12.2 Å². The van der Waals surface area contributed by atoms with Gasteiger partial charge >= 0.3 is 6.03 Å². The molecule has 0 atom stereocenters. The summed E-state index contributed by atoms with van der Waals surface area (Å²) in [6.45, 7) is 4.30. The van der Waals surface area contributed by atoms with E-state index in [1.54, 1.807) is 6.20 Å². The summed E-state index contributed by atoms with van der Waals surface area (Å²) in [7, 11) is 0. The Kier molecular flexibility index (Phi) is 3.31. The topological polar surface area (TPSA) is 69.8 Å². The van der Waals surface area contributed by atoms with E-state index < -0.39 is 0 Å². The van der Waals surface area contributed by atoms with Gasteiger partial charge in [-0.25, -0.2) is 4.79 Å². The molecule has 0 saturated carbocycles. The van der Waals surface area contributed by atoms with E-state index in [0.29, 0.717) is 6.54 Å². The highest BCUT2D eigenvalue weighted by Crippen LogP contribution is 1.89. The van der Waals surface area contributed by atoms with Crippen molar-refractivity contribution in [1.82, 2.24) is 20.8 Å². The van der Waals surface area contributed by atoms with Gasteiger partial charge in [-0.2, -0.15) is 5.10 Å². The summed E-state index contributed by atoms with van der Waals surface area (Å²) in [5, 5.41) is 11.9. The summed E-state index contributed by atoms with van der Waals surface area (Å²) in [4.78, 5) is 11.1. The van der Waals surface area contributed by atoms with E-state index in [1.165, 1.54) is 0 Å². The lowest BCUT2D eigenvalue weighted by atomic mass is 10.4. The normalized spacial score (nSPS) is 10.1. The van der Waals surface area contributed by atoms with Crippen LogP contribution >= 0.6 is 0 Å². The van der Waals surface area contributed by atoms with Crippen LogP contribution in [0.1, 0.15) is 19.5 Å². The number of hydrogen-bond donors (Lipinski definition) is 3. The van der Waals surface area contributed by atoms with Crippen LogP contribution < -0.4 is 10.6 Å². The number of nitrogens with zero attached hydrogens (tertiary/aromatic N) is 1. The van der Waals surface area contributed by atoms with Crippen molar-refractivity contribution in [3.63, 3.8) is 0 Å². The van der Waals surface area contributed by atoms with Gasteiger partial charge in [-0.3, -0.25) is 5.10 Å². The van der Waals surface area contributed by atoms with Gasteiger partial charge < -0.3 is 10.6 Å². The highest BCUT2D eigenvalue weighted by molar-refractivity contribution is 5.73. The summed E-state index contributed by atoms with van der Waals surface area (Å²) in [5.74, 6) is 0. The van der Waals surface area contributed by atoms with E-state index in [-0.39, 0.29) is 12.1 Å². The maximum absolute atomic E-state index is 11.1. The first-order valence-electron chi connectivity index (χ1n) is 4.21. The van der Waals surface area contributed by atoms with E-state index >= 15 is 0 Å². The number of nitrogens with one attached hydrogen (secondary N) is 3. The molecule has 1 aromatic rings. The zero-order chi connectivity index (χ0) is 9.68. The summed E-state index contributed by atoms with van der Waals surface area (Å²) >= 11 is 0. The van der Waals surface area contributed by atoms with Gasteiger partial charge in [0.2, 0.25) is 0 Å². The molecule has 2 amide bonds. The van der Waals surface area contributed by atoms with Crippen LogP contribution in [-0.2, 0) is 6.54 Å². The quantitative estimate of drug-likeness (QED) is 0.641. The molecular formula is C8H14N4O. The highest BCUT2D eigenvalue weighted by Gasteiger charge is 2.01. The number of carbonyl (C=O) groups excluding carboxylic acids is 1. The van der Waals surface area contributed by atoms with Crippen molar-refractivity contribution >= 4 is 6.03 Å². The third kappa shape index (κ3) is 3.59. The van der Waals surface area contributed by atoms with Crippen molar-refractivity contribution in [2.24, 2.45) is 0 Å². The fraction of sp³-hybridized carbons (Fsp3) is 0.500. The average Bonchev–Trinajstić information content (AvgIpc) is 2.51. The van der Waals surface area contributed by atoms with Gasteiger partial charge in [-0.05, 0) is 19.9 Å². The SMILES string of the molecule is CC(C)NC(=O)NCc1ccn[nH]1. The van der Waals surface area contributed by atoms with E-state index in [1.807, 2.05) is 19.9 Å². The van der Waals surface area contributed by atoms with E-state index in [2.05, 4.69) is 20.8 Å². The van der Waals surface area contributed by atoms with Crippen molar-refractivity contribution < 1.29 is 4.79 Å². The number of aromatic amines is 1. The van der Waals surface area contributed by atoms with Gasteiger partial charge in [0.1, 0.15) is 0 Å². The number of H-pyrrole nitrogens is 1. The van der Waals surface area contributed by atoms with Crippen molar-refractivity contribution in [3.8, 4) is 0 Å². The first-order chi connectivity index (χ1) is 6.18. The molecule has 72 valence electrons. The van der Waals surface area contributed by atoms with Crippen LogP contribution in [0.25, 0.3) is 0 Å². The average molecular weight is 182 g/mol. The molecule has 13 heavy (non-hydrogen) atoms. The molecule has 0 saturated heterocycles. The first kappa shape index (κ1) is 9.57. The standard InChI is InChI=1S/C8H14N4O/c1-6(2)11-8(13)9-5-7-3-4-10-12-7/h3-4,6H,5H2,1-2H3,(H,10,12)(H2,9,11,13). The molecule has 3 N–H and O–H groups in total. The second-order valence-electron chi connectivity index (χ2n) is 3.06. The molecule has 0 aromatic carbocycles. The maximum Gasteiger partial charge on any atom is 0.315 e. The molecule has 0 spiro atoms. The fourth-order valence-electron chi connectivity index (χ4n) is 0.872. The van der Waals surface area contributed by atoms with Crippen molar-refractivity contribution in [1.29, 1.82) is 0 Å². The third-order valence-electron chi connectivity index (χ3n) is 1.42. The van der Waals surface area contributed by atoms with E-state index in [0.717, 1.165) is 5.69 Å². The molecule has 5 heteroatoms. The summed E-state index contributed by atoms with van der Waals surface area (Å²) in [5.41, 5.74) is 0.888. The van der Waals surface area contributed by atoms with E-state index in [9.17, 15) is 4.79 Å². The zero-order valence-electron chi connectivity index (χ0n) is 7.79. The predicted octanol–water partition coefficient (Wildman–Crippen LogP) is 0.617. The first-order valence-corrected chi connectivity index (χ1v) is 4.21. The summed E-state index contributed by atoms with van der Waals surface area (Å²) < 4.78 is 0. The van der Waals surface area contributed by atoms with Gasteiger partial charge in [0.25, 0.3) is 0 Å². The van der Waals surface area contributed by atoms with Gasteiger partial charge in [0.15, 0.2) is 0 Å². The molecular weight excluding hydrogens is 168 g/mol. The van der Waals surface area contributed by atoms with Gasteiger partial charge in [-0.15, -0.1) is 0 Å². The van der Waals surface area contributed by atoms with Gasteiger partial charge in [0, 0.05) is 12.2 Å². The second-order valence-corrected chi connectivity index (χ2v) is 3.06. The van der Waals surface area contributed by atoms with Crippen LogP contribution in [0.3, 0.4) is 0 Å². The second kappa shape index (κ2) is 4.49. The Morgan fingerprint density at radius 2 is 2.46 bits per heavy atom. The monoisotopic (exact) mass is 182 g/mol. The summed E-state index contributed by atoms with van der Waals surface area (Å²) in [6.07, 6.45) is 1.65. The van der Waals surface area contributed by atoms with Crippen LogP contribution in [0.5, 0.6) is 0 Å². The lowest BCUT2D eigenvalue weighted by Gasteiger charge is -2.08. The molecule has 5 nitrogen and oxygen atoms in total. The molecule has 1 aromatic heterocycles. The Labute approximate surface area is 76.9 Å². The highest BCUT2D eigenvalue weighted by atomic mass is 16.2. The molecule has 0 bridgehead atoms. The van der Waals surface area contributed by atoms with E-state index in [4.69, 9.17) is 0 Å². The zero-order valence-corrected chi connectivity index (χ0v) is 7.79. The molecule has 0 radical (unpaired) electrons. The molecule has 0 aliphatic rings. The van der Waals surface area contributed by atoms with Crippen LogP contribution in [0.4, 0.5) is 4.79 Å². The summed E-state index contributed by atoms with van der Waals surface area (Å²) in [6, 6.07) is 1.81. The van der Waals surface area contributed by atoms with Crippen LogP contribution in [0.15, 0.2) is 12.3 Å². The number of hydrogen-bond acceptors (Lipinski definition) is 2. The minimum Gasteiger partial charge on any atom is -0.336 e. The Morgan fingerprint density at radius 3 is 3.00 bits per heavy atom. The van der Waals surface area contributed by atoms with Crippen LogP contribution in [0, 0.1) is 0 Å². The minimum absolute atomic E-state index is 0.154. The molecule has 0 fully saturated rings. The Morgan fingerprint density at radius 1 is 1.69 bits per heavy atom. The number of urea groups is 1. The van der Waals surface area contributed by atoms with Crippen LogP contribution in [-0.4, -0.2) is 22.3 Å². The Hall–Kier alpha value is -1.52. The molecule has 0 aliphatic heterocycles. The lowest BCUT2D eigenvalue weighted by Crippen LogP contribution is -2.39. The largest absolute Gasteiger partial charge is 0.336 e. The number of amides is 2.